The topological polar surface area (TPSA) is 91.0 Å². The number of allylic oxidation sites excluding steroid dienone is 1. The Bertz CT molecular complexity index is 914. The van der Waals surface area contributed by atoms with Crippen LogP contribution in [-0.2, 0) is 4.79 Å². The van der Waals surface area contributed by atoms with Crippen LogP contribution in [0.15, 0.2) is 47.8 Å². The lowest BCUT2D eigenvalue weighted by Gasteiger charge is -2.31. The van der Waals surface area contributed by atoms with Gasteiger partial charge < -0.3 is 15.5 Å². The SMILES string of the molecule is CCC/C=C(\c1ccc(C)cn1)N(/N=C/C(=O)N1CCN(C)CC1)c1ccc(N)nc1. The van der Waals surface area contributed by atoms with Crippen LogP contribution in [0.5, 0.6) is 0 Å². The molecule has 3 rings (SSSR count). The fourth-order valence-corrected chi connectivity index (χ4v) is 3.21. The zero-order valence-corrected chi connectivity index (χ0v) is 18.5. The lowest BCUT2D eigenvalue weighted by atomic mass is 10.2. The lowest BCUT2D eigenvalue weighted by molar-refractivity contribution is -0.125. The summed E-state index contributed by atoms with van der Waals surface area (Å²) in [6.45, 7) is 7.23. The van der Waals surface area contributed by atoms with E-state index in [0.29, 0.717) is 24.6 Å². The van der Waals surface area contributed by atoms with Crippen molar-refractivity contribution < 1.29 is 4.79 Å². The van der Waals surface area contributed by atoms with E-state index in [9.17, 15) is 4.79 Å². The van der Waals surface area contributed by atoms with E-state index >= 15 is 0 Å². The van der Waals surface area contributed by atoms with Crippen LogP contribution in [0.25, 0.3) is 5.70 Å². The Labute approximate surface area is 184 Å². The Morgan fingerprint density at radius 2 is 1.94 bits per heavy atom. The van der Waals surface area contributed by atoms with Gasteiger partial charge in [-0.05, 0) is 44.2 Å². The third-order valence-electron chi connectivity index (χ3n) is 5.14. The maximum absolute atomic E-state index is 12.8. The number of nitrogens with two attached hydrogens (primary N) is 1. The summed E-state index contributed by atoms with van der Waals surface area (Å²) in [6, 6.07) is 7.54. The van der Waals surface area contributed by atoms with Crippen molar-refractivity contribution in [1.82, 2.24) is 19.8 Å². The van der Waals surface area contributed by atoms with Gasteiger partial charge in [0.1, 0.15) is 12.0 Å². The third kappa shape index (κ3) is 6.11. The molecule has 0 unspecified atom stereocenters. The number of hydrogen-bond acceptors (Lipinski definition) is 7. The number of piperazine rings is 1. The second-order valence-corrected chi connectivity index (χ2v) is 7.73. The summed E-state index contributed by atoms with van der Waals surface area (Å²) in [4.78, 5) is 25.6. The van der Waals surface area contributed by atoms with Crippen LogP contribution in [0.4, 0.5) is 11.5 Å². The molecular weight excluding hydrogens is 390 g/mol. The van der Waals surface area contributed by atoms with E-state index in [1.165, 1.54) is 6.21 Å². The summed E-state index contributed by atoms with van der Waals surface area (Å²) in [7, 11) is 2.06. The van der Waals surface area contributed by atoms with Crippen molar-refractivity contribution in [3.05, 3.63) is 54.0 Å². The second-order valence-electron chi connectivity index (χ2n) is 7.73. The summed E-state index contributed by atoms with van der Waals surface area (Å²) in [5.74, 6) is 0.321. The van der Waals surface area contributed by atoms with Gasteiger partial charge in [0.15, 0.2) is 0 Å². The molecule has 2 aromatic heterocycles. The van der Waals surface area contributed by atoms with E-state index in [0.717, 1.165) is 42.9 Å². The molecule has 8 nitrogen and oxygen atoms in total. The van der Waals surface area contributed by atoms with Crippen LogP contribution in [0.1, 0.15) is 31.0 Å². The standard InChI is InChI=1S/C23H31N7O/c1-4-5-6-21(20-9-7-18(2)15-25-20)30(19-8-10-22(24)26-16-19)27-17-23(31)29-13-11-28(3)12-14-29/h6-10,15-17H,4-5,11-14H2,1-3H3,(H2,24,26)/b21-6+,27-17+. The molecule has 164 valence electrons. The van der Waals surface area contributed by atoms with Crippen LogP contribution < -0.4 is 10.7 Å². The summed E-state index contributed by atoms with van der Waals surface area (Å²) < 4.78 is 0. The van der Waals surface area contributed by atoms with Gasteiger partial charge in [-0.3, -0.25) is 9.78 Å². The van der Waals surface area contributed by atoms with Crippen LogP contribution >= 0.6 is 0 Å². The predicted molar refractivity (Wildman–Crippen MR) is 126 cm³/mol. The number of hydrogen-bond donors (Lipinski definition) is 1. The lowest BCUT2D eigenvalue weighted by Crippen LogP contribution is -2.47. The van der Waals surface area contributed by atoms with Crippen molar-refractivity contribution in [2.24, 2.45) is 5.10 Å². The molecule has 1 amide bonds. The van der Waals surface area contributed by atoms with Crippen molar-refractivity contribution in [2.75, 3.05) is 44.0 Å². The minimum atomic E-state index is -0.104. The number of unbranched alkanes of at least 4 members (excludes halogenated alkanes) is 1. The molecule has 1 fully saturated rings. The van der Waals surface area contributed by atoms with Gasteiger partial charge in [-0.15, -0.1) is 0 Å². The molecule has 31 heavy (non-hydrogen) atoms. The molecule has 2 N–H and O–H groups in total. The Morgan fingerprint density at radius 3 is 2.55 bits per heavy atom. The molecule has 0 radical (unpaired) electrons. The molecule has 3 heterocycles. The fraction of sp³-hybridized carbons (Fsp3) is 0.391. The summed E-state index contributed by atoms with van der Waals surface area (Å²) in [5, 5.41) is 6.30. The molecule has 8 heteroatoms. The Kier molecular flexibility index (Phi) is 7.72. The molecule has 1 saturated heterocycles. The predicted octanol–water partition coefficient (Wildman–Crippen LogP) is 2.77. The molecular formula is C23H31N7O. The van der Waals surface area contributed by atoms with Gasteiger partial charge in [-0.1, -0.05) is 25.5 Å². The van der Waals surface area contributed by atoms with Crippen molar-refractivity contribution in [3.8, 4) is 0 Å². The highest BCUT2D eigenvalue weighted by atomic mass is 16.2. The minimum absolute atomic E-state index is 0.104. The molecule has 0 spiro atoms. The van der Waals surface area contributed by atoms with Gasteiger partial charge in [0.25, 0.3) is 5.91 Å². The molecule has 0 aliphatic carbocycles. The quantitative estimate of drug-likeness (QED) is 0.546. The van der Waals surface area contributed by atoms with E-state index in [2.05, 4.69) is 40.0 Å². The Morgan fingerprint density at radius 1 is 1.16 bits per heavy atom. The van der Waals surface area contributed by atoms with E-state index in [4.69, 9.17) is 5.73 Å². The number of amides is 1. The van der Waals surface area contributed by atoms with Crippen LogP contribution in [0.3, 0.4) is 0 Å². The number of anilines is 2. The van der Waals surface area contributed by atoms with Gasteiger partial charge in [0, 0.05) is 32.4 Å². The number of likely N-dealkylation sites (N-methyl/N-ethyl adjacent to an activating group) is 1. The zero-order valence-electron chi connectivity index (χ0n) is 18.5. The van der Waals surface area contributed by atoms with Gasteiger partial charge >= 0.3 is 0 Å². The van der Waals surface area contributed by atoms with Crippen LogP contribution in [-0.4, -0.2) is 65.1 Å². The Hall–Kier alpha value is -3.26. The van der Waals surface area contributed by atoms with Crippen molar-refractivity contribution in [1.29, 1.82) is 0 Å². The fourth-order valence-electron chi connectivity index (χ4n) is 3.21. The highest BCUT2D eigenvalue weighted by Crippen LogP contribution is 2.26. The minimum Gasteiger partial charge on any atom is -0.384 e. The Balaban J connectivity index is 1.95. The number of nitrogen functional groups attached to an aromatic ring is 1. The number of nitrogens with zero attached hydrogens (tertiary/aromatic N) is 6. The average molecular weight is 422 g/mol. The molecule has 0 atom stereocenters. The number of carbonyl (C=O) groups is 1. The number of carbonyl (C=O) groups excluding carboxylic acids is 1. The number of hydrazone groups is 1. The van der Waals surface area contributed by atoms with E-state index in [1.807, 2.05) is 36.2 Å². The van der Waals surface area contributed by atoms with Crippen molar-refractivity contribution >= 4 is 29.3 Å². The number of aromatic nitrogens is 2. The molecule has 0 saturated carbocycles. The van der Waals surface area contributed by atoms with Gasteiger partial charge in [0.05, 0.1) is 23.3 Å². The normalized spacial score (nSPS) is 15.5. The second kappa shape index (κ2) is 10.7. The van der Waals surface area contributed by atoms with Crippen LogP contribution in [0, 0.1) is 6.92 Å². The molecule has 1 aliphatic heterocycles. The number of pyridine rings is 2. The first-order chi connectivity index (χ1) is 15.0. The maximum atomic E-state index is 12.8. The molecule has 0 aromatic carbocycles. The maximum Gasteiger partial charge on any atom is 0.266 e. The highest BCUT2D eigenvalue weighted by Gasteiger charge is 2.19. The van der Waals surface area contributed by atoms with Gasteiger partial charge in [-0.25, -0.2) is 9.99 Å². The van der Waals surface area contributed by atoms with Crippen LogP contribution in [0.2, 0.25) is 0 Å². The molecule has 0 bridgehead atoms. The molecule has 2 aromatic rings. The molecule has 1 aliphatic rings. The summed E-state index contributed by atoms with van der Waals surface area (Å²) in [5.41, 5.74) is 9.15. The van der Waals surface area contributed by atoms with Gasteiger partial charge in [-0.2, -0.15) is 5.10 Å². The first-order valence-corrected chi connectivity index (χ1v) is 10.6. The van der Waals surface area contributed by atoms with Gasteiger partial charge in [0.2, 0.25) is 0 Å². The largest absolute Gasteiger partial charge is 0.384 e. The monoisotopic (exact) mass is 421 g/mol. The number of aryl methyl sites for hydroxylation is 1. The summed E-state index contributed by atoms with van der Waals surface area (Å²) >= 11 is 0. The van der Waals surface area contributed by atoms with E-state index < -0.39 is 0 Å². The number of rotatable bonds is 7. The first kappa shape index (κ1) is 22.4. The average Bonchev–Trinajstić information content (AvgIpc) is 2.78. The smallest absolute Gasteiger partial charge is 0.266 e. The van der Waals surface area contributed by atoms with Crippen molar-refractivity contribution in [2.45, 2.75) is 26.7 Å². The first-order valence-electron chi connectivity index (χ1n) is 10.6. The summed E-state index contributed by atoms with van der Waals surface area (Å²) in [6.07, 6.45) is 8.79. The zero-order chi connectivity index (χ0) is 22.2. The highest BCUT2D eigenvalue weighted by molar-refractivity contribution is 6.26. The third-order valence-corrected chi connectivity index (χ3v) is 5.14. The van der Waals surface area contributed by atoms with E-state index in [1.54, 1.807) is 17.3 Å². The van der Waals surface area contributed by atoms with Crippen molar-refractivity contribution in [3.63, 3.8) is 0 Å². The van der Waals surface area contributed by atoms with E-state index in [-0.39, 0.29) is 5.91 Å².